The van der Waals surface area contributed by atoms with Gasteiger partial charge in [-0.15, -0.1) is 0 Å². The first-order chi connectivity index (χ1) is 9.24. The lowest BCUT2D eigenvalue weighted by atomic mass is 9.92. The molecule has 1 aliphatic heterocycles. The molecule has 0 amide bonds. The van der Waals surface area contributed by atoms with Crippen LogP contribution in [0.1, 0.15) is 30.2 Å². The maximum atomic E-state index is 5.73. The Labute approximate surface area is 112 Å². The Kier molecular flexibility index (Phi) is 3.21. The second-order valence-electron chi connectivity index (χ2n) is 4.91. The number of para-hydroxylation sites is 1. The summed E-state index contributed by atoms with van der Waals surface area (Å²) in [6.07, 6.45) is 0. The van der Waals surface area contributed by atoms with Gasteiger partial charge in [-0.1, -0.05) is 30.3 Å². The van der Waals surface area contributed by atoms with E-state index >= 15 is 0 Å². The van der Waals surface area contributed by atoms with E-state index in [0.29, 0.717) is 24.2 Å². The fraction of sp³-hybridized carbons (Fsp3) is 0.429. The van der Waals surface area contributed by atoms with E-state index in [1.54, 1.807) is 6.92 Å². The minimum absolute atomic E-state index is 0.253. The number of ether oxygens (including phenoxy) is 1. The third kappa shape index (κ3) is 2.46. The summed E-state index contributed by atoms with van der Waals surface area (Å²) >= 11 is 0. The standard InChI is InChI=1S/C14H17N3O2/c1-9-8-18-12-6-4-3-5-11(12)14(9)15-7-13-16-10(2)19-17-13/h3-6,9,14-15H,7-8H2,1-2H3. The van der Waals surface area contributed by atoms with E-state index in [1.165, 1.54) is 5.56 Å². The molecule has 0 spiro atoms. The zero-order valence-electron chi connectivity index (χ0n) is 11.1. The molecule has 2 unspecified atom stereocenters. The predicted molar refractivity (Wildman–Crippen MR) is 69.7 cm³/mol. The van der Waals surface area contributed by atoms with E-state index in [4.69, 9.17) is 9.26 Å². The van der Waals surface area contributed by atoms with Crippen LogP contribution < -0.4 is 10.1 Å². The van der Waals surface area contributed by atoms with E-state index < -0.39 is 0 Å². The molecule has 1 aliphatic rings. The second-order valence-corrected chi connectivity index (χ2v) is 4.91. The number of aromatic nitrogens is 2. The average molecular weight is 259 g/mol. The lowest BCUT2D eigenvalue weighted by molar-refractivity contribution is 0.187. The summed E-state index contributed by atoms with van der Waals surface area (Å²) in [4.78, 5) is 4.20. The fourth-order valence-corrected chi connectivity index (χ4v) is 2.42. The molecule has 100 valence electrons. The van der Waals surface area contributed by atoms with Gasteiger partial charge in [-0.25, -0.2) is 0 Å². The van der Waals surface area contributed by atoms with Crippen LogP contribution in [0.4, 0.5) is 0 Å². The highest BCUT2D eigenvalue weighted by Gasteiger charge is 2.27. The number of fused-ring (bicyclic) bond motifs is 1. The van der Waals surface area contributed by atoms with Crippen LogP contribution in [0.2, 0.25) is 0 Å². The Hall–Kier alpha value is -1.88. The summed E-state index contributed by atoms with van der Waals surface area (Å²) in [5.41, 5.74) is 1.20. The Morgan fingerprint density at radius 2 is 2.21 bits per heavy atom. The molecular weight excluding hydrogens is 242 g/mol. The molecular formula is C14H17N3O2. The van der Waals surface area contributed by atoms with E-state index in [9.17, 15) is 0 Å². The van der Waals surface area contributed by atoms with Crippen molar-refractivity contribution in [2.45, 2.75) is 26.4 Å². The van der Waals surface area contributed by atoms with Crippen molar-refractivity contribution in [1.82, 2.24) is 15.5 Å². The number of benzene rings is 1. The first-order valence-electron chi connectivity index (χ1n) is 6.48. The zero-order chi connectivity index (χ0) is 13.2. The van der Waals surface area contributed by atoms with Crippen LogP contribution in [-0.2, 0) is 6.54 Å². The molecule has 19 heavy (non-hydrogen) atoms. The average Bonchev–Trinajstić information content (AvgIpc) is 2.83. The molecule has 5 heteroatoms. The number of nitrogens with zero attached hydrogens (tertiary/aromatic N) is 2. The molecule has 0 saturated heterocycles. The lowest BCUT2D eigenvalue weighted by Crippen LogP contribution is -2.33. The van der Waals surface area contributed by atoms with Crippen LogP contribution in [0.25, 0.3) is 0 Å². The molecule has 0 aliphatic carbocycles. The molecule has 2 atom stereocenters. The Bertz CT molecular complexity index is 567. The van der Waals surface area contributed by atoms with Gasteiger partial charge in [0.15, 0.2) is 5.82 Å². The minimum atomic E-state index is 0.253. The number of aryl methyl sites for hydroxylation is 1. The molecule has 3 rings (SSSR count). The summed E-state index contributed by atoms with van der Waals surface area (Å²) in [5, 5.41) is 7.39. The van der Waals surface area contributed by atoms with Crippen LogP contribution in [0, 0.1) is 12.8 Å². The van der Waals surface area contributed by atoms with Crippen LogP contribution in [0.3, 0.4) is 0 Å². The van der Waals surface area contributed by atoms with Crippen molar-refractivity contribution in [1.29, 1.82) is 0 Å². The maximum Gasteiger partial charge on any atom is 0.223 e. The number of hydrogen-bond donors (Lipinski definition) is 1. The summed E-state index contributed by atoms with van der Waals surface area (Å²) in [6.45, 7) is 5.29. The van der Waals surface area contributed by atoms with Crippen LogP contribution in [0.15, 0.2) is 28.8 Å². The summed E-state index contributed by atoms with van der Waals surface area (Å²) < 4.78 is 10.7. The summed E-state index contributed by atoms with van der Waals surface area (Å²) in [6, 6.07) is 8.39. The van der Waals surface area contributed by atoms with Gasteiger partial charge in [-0.05, 0) is 6.07 Å². The maximum absolute atomic E-state index is 5.73. The van der Waals surface area contributed by atoms with E-state index in [1.807, 2.05) is 18.2 Å². The molecule has 0 fully saturated rings. The lowest BCUT2D eigenvalue weighted by Gasteiger charge is -2.31. The van der Waals surface area contributed by atoms with E-state index in [2.05, 4.69) is 28.4 Å². The van der Waals surface area contributed by atoms with Gasteiger partial charge in [0, 0.05) is 24.4 Å². The first kappa shape index (κ1) is 12.2. The zero-order valence-corrected chi connectivity index (χ0v) is 11.1. The SMILES string of the molecule is Cc1nc(CNC2c3ccccc3OCC2C)no1. The van der Waals surface area contributed by atoms with Crippen molar-refractivity contribution < 1.29 is 9.26 Å². The van der Waals surface area contributed by atoms with Crippen molar-refractivity contribution in [2.24, 2.45) is 5.92 Å². The summed E-state index contributed by atoms with van der Waals surface area (Å²) in [5.74, 6) is 2.65. The van der Waals surface area contributed by atoms with Crippen LogP contribution in [0.5, 0.6) is 5.75 Å². The third-order valence-electron chi connectivity index (χ3n) is 3.37. The van der Waals surface area contributed by atoms with Gasteiger partial charge < -0.3 is 14.6 Å². The monoisotopic (exact) mass is 259 g/mol. The van der Waals surface area contributed by atoms with Gasteiger partial charge in [0.05, 0.1) is 13.2 Å². The molecule has 1 aromatic carbocycles. The van der Waals surface area contributed by atoms with Gasteiger partial charge >= 0.3 is 0 Å². The van der Waals surface area contributed by atoms with E-state index in [0.717, 1.165) is 12.4 Å². The Balaban J connectivity index is 1.76. The molecule has 0 radical (unpaired) electrons. The highest BCUT2D eigenvalue weighted by atomic mass is 16.5. The molecule has 0 bridgehead atoms. The predicted octanol–water partition coefficient (Wildman–Crippen LogP) is 2.24. The van der Waals surface area contributed by atoms with E-state index in [-0.39, 0.29) is 6.04 Å². The highest BCUT2D eigenvalue weighted by Crippen LogP contribution is 2.34. The second kappa shape index (κ2) is 5.01. The minimum Gasteiger partial charge on any atom is -0.493 e. The fourth-order valence-electron chi connectivity index (χ4n) is 2.42. The van der Waals surface area contributed by atoms with Gasteiger partial charge in [-0.3, -0.25) is 0 Å². The molecule has 0 saturated carbocycles. The largest absolute Gasteiger partial charge is 0.493 e. The van der Waals surface area contributed by atoms with Crippen molar-refractivity contribution in [3.63, 3.8) is 0 Å². The highest BCUT2D eigenvalue weighted by molar-refractivity contribution is 5.37. The van der Waals surface area contributed by atoms with Crippen LogP contribution >= 0.6 is 0 Å². The third-order valence-corrected chi connectivity index (χ3v) is 3.37. The van der Waals surface area contributed by atoms with Gasteiger partial charge in [0.2, 0.25) is 5.89 Å². The van der Waals surface area contributed by atoms with Crippen molar-refractivity contribution in [2.75, 3.05) is 6.61 Å². The summed E-state index contributed by atoms with van der Waals surface area (Å²) in [7, 11) is 0. The molecule has 2 aromatic rings. The topological polar surface area (TPSA) is 60.2 Å². The van der Waals surface area contributed by atoms with Crippen molar-refractivity contribution in [3.8, 4) is 5.75 Å². The van der Waals surface area contributed by atoms with Crippen LogP contribution in [-0.4, -0.2) is 16.7 Å². The smallest absolute Gasteiger partial charge is 0.223 e. The Morgan fingerprint density at radius 1 is 1.37 bits per heavy atom. The molecule has 2 heterocycles. The van der Waals surface area contributed by atoms with Crippen molar-refractivity contribution >= 4 is 0 Å². The molecule has 1 N–H and O–H groups in total. The normalized spacial score (nSPS) is 21.8. The number of rotatable bonds is 3. The Morgan fingerprint density at radius 3 is 3.00 bits per heavy atom. The molecule has 1 aromatic heterocycles. The quantitative estimate of drug-likeness (QED) is 0.916. The van der Waals surface area contributed by atoms with Gasteiger partial charge in [0.1, 0.15) is 5.75 Å². The number of hydrogen-bond acceptors (Lipinski definition) is 5. The van der Waals surface area contributed by atoms with Crippen molar-refractivity contribution in [3.05, 3.63) is 41.5 Å². The van der Waals surface area contributed by atoms with Gasteiger partial charge in [-0.2, -0.15) is 4.98 Å². The number of nitrogens with one attached hydrogen (secondary N) is 1. The molecule has 5 nitrogen and oxygen atoms in total. The van der Waals surface area contributed by atoms with Gasteiger partial charge in [0.25, 0.3) is 0 Å². The first-order valence-corrected chi connectivity index (χ1v) is 6.48.